The highest BCUT2D eigenvalue weighted by atomic mass is 16.5. The molecule has 0 aliphatic rings. The van der Waals surface area contributed by atoms with Crippen LogP contribution in [0.15, 0.2) is 0 Å². The highest BCUT2D eigenvalue weighted by Gasteiger charge is 2.00. The topological polar surface area (TPSA) is 94.1 Å². The largest absolute Gasteiger partial charge is 0.481 e. The summed E-state index contributed by atoms with van der Waals surface area (Å²) in [7, 11) is 0. The molecule has 1 amide bonds. The molecule has 0 fully saturated rings. The van der Waals surface area contributed by atoms with Crippen molar-refractivity contribution < 1.29 is 28.9 Å². The zero-order valence-electron chi connectivity index (χ0n) is 11.4. The number of aliphatic carboxylic acids is 1. The molecule has 0 aliphatic carbocycles. The Morgan fingerprint density at radius 2 is 1.74 bits per heavy atom. The summed E-state index contributed by atoms with van der Waals surface area (Å²) in [4.78, 5) is 21.3. The van der Waals surface area contributed by atoms with E-state index >= 15 is 0 Å². The van der Waals surface area contributed by atoms with E-state index < -0.39 is 12.1 Å². The molecule has 0 saturated heterocycles. The number of ether oxygens (including phenoxy) is 3. The van der Waals surface area contributed by atoms with Gasteiger partial charge in [-0.3, -0.25) is 4.79 Å². The van der Waals surface area contributed by atoms with E-state index in [9.17, 15) is 9.59 Å². The van der Waals surface area contributed by atoms with Gasteiger partial charge in [0, 0.05) is 6.54 Å². The molecule has 0 bridgehead atoms. The minimum atomic E-state index is -0.883. The van der Waals surface area contributed by atoms with Crippen LogP contribution in [0.4, 0.5) is 4.79 Å². The maximum absolute atomic E-state index is 11.1. The van der Waals surface area contributed by atoms with Crippen molar-refractivity contribution in [2.75, 3.05) is 39.6 Å². The van der Waals surface area contributed by atoms with E-state index in [0.717, 1.165) is 12.8 Å². The van der Waals surface area contributed by atoms with E-state index in [1.54, 1.807) is 0 Å². The molecule has 112 valence electrons. The van der Waals surface area contributed by atoms with E-state index in [4.69, 9.17) is 19.3 Å². The maximum Gasteiger partial charge on any atom is 0.407 e. The van der Waals surface area contributed by atoms with Gasteiger partial charge in [0.05, 0.1) is 39.5 Å². The monoisotopic (exact) mass is 277 g/mol. The van der Waals surface area contributed by atoms with Crippen molar-refractivity contribution in [3.05, 3.63) is 0 Å². The molecule has 0 aliphatic heterocycles. The number of rotatable bonds is 12. The summed E-state index contributed by atoms with van der Waals surface area (Å²) in [6.45, 7) is 4.08. The second-order valence-corrected chi connectivity index (χ2v) is 3.78. The third-order valence-electron chi connectivity index (χ3n) is 2.08. The fourth-order valence-electron chi connectivity index (χ4n) is 1.07. The Bertz CT molecular complexity index is 246. The molecular weight excluding hydrogens is 254 g/mol. The molecule has 0 heterocycles. The number of hydrogen-bond acceptors (Lipinski definition) is 5. The summed E-state index contributed by atoms with van der Waals surface area (Å²) in [6.07, 6.45) is 1.40. The van der Waals surface area contributed by atoms with Crippen LogP contribution in [0.2, 0.25) is 0 Å². The van der Waals surface area contributed by atoms with Crippen molar-refractivity contribution in [3.63, 3.8) is 0 Å². The summed E-state index contributed by atoms with van der Waals surface area (Å²) in [5.74, 6) is -0.883. The Morgan fingerprint density at radius 1 is 1.05 bits per heavy atom. The molecule has 19 heavy (non-hydrogen) atoms. The molecule has 2 N–H and O–H groups in total. The number of carbonyl (C=O) groups excluding carboxylic acids is 1. The van der Waals surface area contributed by atoms with Gasteiger partial charge in [-0.2, -0.15) is 0 Å². The average molecular weight is 277 g/mol. The lowest BCUT2D eigenvalue weighted by molar-refractivity contribution is -0.138. The van der Waals surface area contributed by atoms with Gasteiger partial charge in [-0.25, -0.2) is 4.79 Å². The Hall–Kier alpha value is -1.34. The Kier molecular flexibility index (Phi) is 12.2. The van der Waals surface area contributed by atoms with Gasteiger partial charge in [-0.15, -0.1) is 0 Å². The van der Waals surface area contributed by atoms with Crippen molar-refractivity contribution in [3.8, 4) is 0 Å². The van der Waals surface area contributed by atoms with E-state index in [-0.39, 0.29) is 13.0 Å². The molecule has 0 aromatic rings. The molecule has 0 radical (unpaired) electrons. The Labute approximate surface area is 113 Å². The number of amides is 1. The van der Waals surface area contributed by atoms with E-state index in [2.05, 4.69) is 5.32 Å². The Morgan fingerprint density at radius 3 is 2.37 bits per heavy atom. The molecule has 0 atom stereocenters. The van der Waals surface area contributed by atoms with Gasteiger partial charge >= 0.3 is 12.1 Å². The third-order valence-corrected chi connectivity index (χ3v) is 2.08. The minimum absolute atomic E-state index is 0.00877. The summed E-state index contributed by atoms with van der Waals surface area (Å²) in [6, 6.07) is 0. The van der Waals surface area contributed by atoms with Crippen LogP contribution in [-0.4, -0.2) is 56.7 Å². The number of hydrogen-bond donors (Lipinski definition) is 2. The Balaban J connectivity index is 3.13. The summed E-state index contributed by atoms with van der Waals surface area (Å²) in [5, 5.41) is 10.9. The summed E-state index contributed by atoms with van der Waals surface area (Å²) in [5.41, 5.74) is 0. The van der Waals surface area contributed by atoms with Crippen molar-refractivity contribution in [1.82, 2.24) is 5.32 Å². The molecule has 0 saturated carbocycles. The van der Waals surface area contributed by atoms with Crippen molar-refractivity contribution in [2.24, 2.45) is 0 Å². The van der Waals surface area contributed by atoms with E-state index in [1.807, 2.05) is 6.92 Å². The number of carboxylic acid groups (broad SMARTS) is 1. The number of nitrogens with one attached hydrogen (secondary N) is 1. The van der Waals surface area contributed by atoms with Crippen molar-refractivity contribution in [1.29, 1.82) is 0 Å². The highest BCUT2D eigenvalue weighted by Crippen LogP contribution is 1.88. The van der Waals surface area contributed by atoms with Gasteiger partial charge in [0.1, 0.15) is 0 Å². The smallest absolute Gasteiger partial charge is 0.407 e. The normalized spacial score (nSPS) is 10.2. The van der Waals surface area contributed by atoms with E-state index in [0.29, 0.717) is 33.0 Å². The van der Waals surface area contributed by atoms with Gasteiger partial charge in [-0.1, -0.05) is 13.3 Å². The first kappa shape index (κ1) is 17.7. The van der Waals surface area contributed by atoms with Crippen molar-refractivity contribution >= 4 is 12.1 Å². The van der Waals surface area contributed by atoms with Gasteiger partial charge < -0.3 is 24.6 Å². The summed E-state index contributed by atoms with van der Waals surface area (Å²) >= 11 is 0. The van der Waals surface area contributed by atoms with Crippen LogP contribution >= 0.6 is 0 Å². The fourth-order valence-corrected chi connectivity index (χ4v) is 1.07. The molecule has 0 aromatic heterocycles. The zero-order chi connectivity index (χ0) is 14.3. The lowest BCUT2D eigenvalue weighted by Gasteiger charge is -2.07. The minimum Gasteiger partial charge on any atom is -0.481 e. The standard InChI is InChI=1S/C12H23NO6/c1-2-3-6-19-12(16)13-5-8-18-10-9-17-7-4-11(14)15/h2-10H2,1H3,(H,13,16)(H,14,15). The summed E-state index contributed by atoms with van der Waals surface area (Å²) < 4.78 is 15.1. The molecule has 7 nitrogen and oxygen atoms in total. The predicted octanol–water partition coefficient (Wildman–Crippen LogP) is 1.02. The molecule has 7 heteroatoms. The number of carboxylic acids is 1. The van der Waals surface area contributed by atoms with Crippen LogP contribution in [0, 0.1) is 0 Å². The first-order chi connectivity index (χ1) is 9.16. The first-order valence-corrected chi connectivity index (χ1v) is 6.44. The molecule has 0 spiro atoms. The van der Waals surface area contributed by atoms with Crippen LogP contribution in [0.3, 0.4) is 0 Å². The SMILES string of the molecule is CCCCOC(=O)NCCOCCOCCC(=O)O. The third kappa shape index (κ3) is 14.6. The lowest BCUT2D eigenvalue weighted by atomic mass is 10.4. The number of unbranched alkanes of at least 4 members (excludes halogenated alkanes) is 1. The molecule has 0 unspecified atom stereocenters. The number of alkyl carbamates (subject to hydrolysis) is 1. The van der Waals surface area contributed by atoms with Crippen LogP contribution in [-0.2, 0) is 19.0 Å². The second-order valence-electron chi connectivity index (χ2n) is 3.78. The van der Waals surface area contributed by atoms with Crippen LogP contribution in [0.1, 0.15) is 26.2 Å². The quantitative estimate of drug-likeness (QED) is 0.517. The van der Waals surface area contributed by atoms with Crippen LogP contribution < -0.4 is 5.32 Å². The lowest BCUT2D eigenvalue weighted by Crippen LogP contribution is -2.28. The second kappa shape index (κ2) is 13.1. The van der Waals surface area contributed by atoms with Crippen LogP contribution in [0.25, 0.3) is 0 Å². The number of carbonyl (C=O) groups is 2. The maximum atomic E-state index is 11.1. The van der Waals surface area contributed by atoms with Crippen molar-refractivity contribution in [2.45, 2.75) is 26.2 Å². The van der Waals surface area contributed by atoms with Gasteiger partial charge in [0.15, 0.2) is 0 Å². The first-order valence-electron chi connectivity index (χ1n) is 6.44. The zero-order valence-corrected chi connectivity index (χ0v) is 11.4. The fraction of sp³-hybridized carbons (Fsp3) is 0.833. The highest BCUT2D eigenvalue weighted by molar-refractivity contribution is 5.67. The average Bonchev–Trinajstić information content (AvgIpc) is 2.36. The molecule has 0 rings (SSSR count). The van der Waals surface area contributed by atoms with Gasteiger partial charge in [0.25, 0.3) is 0 Å². The molecular formula is C12H23NO6. The predicted molar refractivity (Wildman–Crippen MR) is 68.1 cm³/mol. The van der Waals surface area contributed by atoms with Crippen LogP contribution in [0.5, 0.6) is 0 Å². The van der Waals surface area contributed by atoms with Gasteiger partial charge in [-0.05, 0) is 6.42 Å². The molecule has 0 aromatic carbocycles. The van der Waals surface area contributed by atoms with Gasteiger partial charge in [0.2, 0.25) is 0 Å². The van der Waals surface area contributed by atoms with E-state index in [1.165, 1.54) is 0 Å².